The summed E-state index contributed by atoms with van der Waals surface area (Å²) in [6.45, 7) is 1.21. The highest BCUT2D eigenvalue weighted by Crippen LogP contribution is 2.31. The molecule has 1 aromatic heterocycles. The fraction of sp³-hybridized carbons (Fsp3) is 0.353. The van der Waals surface area contributed by atoms with Gasteiger partial charge < -0.3 is 14.4 Å². The monoisotopic (exact) mass is 303 g/mol. The van der Waals surface area contributed by atoms with Crippen molar-refractivity contribution in [2.24, 2.45) is 5.92 Å². The summed E-state index contributed by atoms with van der Waals surface area (Å²) in [5, 5.41) is 10.4. The van der Waals surface area contributed by atoms with Crippen molar-refractivity contribution in [3.05, 3.63) is 59.8 Å². The van der Waals surface area contributed by atoms with E-state index in [4.69, 9.17) is 4.42 Å². The molecule has 1 aromatic carbocycles. The Bertz CT molecular complexity index is 616. The highest BCUT2D eigenvalue weighted by atomic mass is 19.1. The molecular weight excluding hydrogens is 285 g/mol. The number of hydrogen-bond acceptors (Lipinski definition) is 3. The standard InChI is InChI=1S/C17H18FNO3/c18-15-3-1-12(2-4-15)16(20)13-5-8-19(9-6-13)17(21)14-7-10-22-11-14/h1-4,7,10-11,13,16,20H,5-6,8-9H2. The van der Waals surface area contributed by atoms with E-state index < -0.39 is 6.10 Å². The smallest absolute Gasteiger partial charge is 0.257 e. The fourth-order valence-electron chi connectivity index (χ4n) is 2.92. The summed E-state index contributed by atoms with van der Waals surface area (Å²) in [6.07, 6.45) is 3.76. The van der Waals surface area contributed by atoms with Crippen LogP contribution in [-0.4, -0.2) is 29.0 Å². The Morgan fingerprint density at radius 1 is 1.23 bits per heavy atom. The first-order valence-electron chi connectivity index (χ1n) is 7.40. The number of halogens is 1. The molecule has 1 atom stereocenters. The molecule has 3 rings (SSSR count). The van der Waals surface area contributed by atoms with E-state index in [1.54, 1.807) is 23.1 Å². The van der Waals surface area contributed by atoms with E-state index in [9.17, 15) is 14.3 Å². The summed E-state index contributed by atoms with van der Waals surface area (Å²) in [7, 11) is 0. The van der Waals surface area contributed by atoms with Gasteiger partial charge in [0.15, 0.2) is 0 Å². The molecule has 1 amide bonds. The quantitative estimate of drug-likeness (QED) is 0.948. The van der Waals surface area contributed by atoms with Gasteiger partial charge >= 0.3 is 0 Å². The van der Waals surface area contributed by atoms with Crippen molar-refractivity contribution in [3.63, 3.8) is 0 Å². The van der Waals surface area contributed by atoms with Crippen LogP contribution in [0.15, 0.2) is 47.3 Å². The molecule has 0 spiro atoms. The highest BCUT2D eigenvalue weighted by Gasteiger charge is 2.28. The Morgan fingerprint density at radius 3 is 2.50 bits per heavy atom. The molecule has 1 unspecified atom stereocenters. The number of carbonyl (C=O) groups is 1. The number of hydrogen-bond donors (Lipinski definition) is 1. The average Bonchev–Trinajstić information content (AvgIpc) is 3.09. The number of aliphatic hydroxyl groups is 1. The molecule has 0 bridgehead atoms. The number of amides is 1. The number of aliphatic hydroxyl groups excluding tert-OH is 1. The van der Waals surface area contributed by atoms with Gasteiger partial charge in [-0.1, -0.05) is 12.1 Å². The molecule has 116 valence electrons. The van der Waals surface area contributed by atoms with E-state index in [0.29, 0.717) is 18.7 Å². The van der Waals surface area contributed by atoms with Gasteiger partial charge in [0, 0.05) is 13.1 Å². The van der Waals surface area contributed by atoms with Crippen LogP contribution in [0, 0.1) is 11.7 Å². The van der Waals surface area contributed by atoms with Gasteiger partial charge in [0.1, 0.15) is 12.1 Å². The van der Waals surface area contributed by atoms with Gasteiger partial charge in [-0.2, -0.15) is 0 Å². The van der Waals surface area contributed by atoms with Crippen molar-refractivity contribution in [2.75, 3.05) is 13.1 Å². The van der Waals surface area contributed by atoms with Crippen LogP contribution in [0.3, 0.4) is 0 Å². The number of nitrogens with zero attached hydrogens (tertiary/aromatic N) is 1. The molecule has 0 radical (unpaired) electrons. The Labute approximate surface area is 128 Å². The lowest BCUT2D eigenvalue weighted by atomic mass is 9.87. The number of furan rings is 1. The number of likely N-dealkylation sites (tertiary alicyclic amines) is 1. The van der Waals surface area contributed by atoms with Gasteiger partial charge in [-0.3, -0.25) is 4.79 Å². The van der Waals surface area contributed by atoms with Crippen molar-refractivity contribution in [2.45, 2.75) is 18.9 Å². The van der Waals surface area contributed by atoms with Crippen LogP contribution in [0.5, 0.6) is 0 Å². The van der Waals surface area contributed by atoms with Crippen molar-refractivity contribution >= 4 is 5.91 Å². The van der Waals surface area contributed by atoms with Crippen molar-refractivity contribution in [1.82, 2.24) is 4.90 Å². The summed E-state index contributed by atoms with van der Waals surface area (Å²) in [6, 6.07) is 7.60. The maximum atomic E-state index is 12.9. The largest absolute Gasteiger partial charge is 0.472 e. The first-order valence-corrected chi connectivity index (χ1v) is 7.40. The Kier molecular flexibility index (Phi) is 4.24. The van der Waals surface area contributed by atoms with Gasteiger partial charge in [0.05, 0.1) is 17.9 Å². The number of rotatable bonds is 3. The topological polar surface area (TPSA) is 53.7 Å². The minimum Gasteiger partial charge on any atom is -0.472 e. The zero-order valence-corrected chi connectivity index (χ0v) is 12.1. The third-order valence-electron chi connectivity index (χ3n) is 4.25. The normalized spacial score (nSPS) is 17.5. The fourth-order valence-corrected chi connectivity index (χ4v) is 2.92. The van der Waals surface area contributed by atoms with Crippen LogP contribution in [0.25, 0.3) is 0 Å². The van der Waals surface area contributed by atoms with Crippen LogP contribution >= 0.6 is 0 Å². The van der Waals surface area contributed by atoms with Gasteiger partial charge in [0.2, 0.25) is 0 Å². The second-order valence-corrected chi connectivity index (χ2v) is 5.64. The molecule has 1 saturated heterocycles. The summed E-state index contributed by atoms with van der Waals surface area (Å²) in [5.41, 5.74) is 1.28. The van der Waals surface area contributed by atoms with Crippen LogP contribution < -0.4 is 0 Å². The summed E-state index contributed by atoms with van der Waals surface area (Å²) in [5.74, 6) is -0.265. The van der Waals surface area contributed by atoms with Crippen LogP contribution in [0.2, 0.25) is 0 Å². The summed E-state index contributed by atoms with van der Waals surface area (Å²) >= 11 is 0. The van der Waals surface area contributed by atoms with E-state index >= 15 is 0 Å². The minimum absolute atomic E-state index is 0.0385. The van der Waals surface area contributed by atoms with E-state index in [1.165, 1.54) is 24.7 Å². The van der Waals surface area contributed by atoms with E-state index in [-0.39, 0.29) is 17.6 Å². The van der Waals surface area contributed by atoms with Gasteiger partial charge in [-0.25, -0.2) is 4.39 Å². The maximum Gasteiger partial charge on any atom is 0.257 e. The minimum atomic E-state index is -0.619. The van der Waals surface area contributed by atoms with Gasteiger partial charge in [-0.15, -0.1) is 0 Å². The zero-order valence-electron chi connectivity index (χ0n) is 12.1. The van der Waals surface area contributed by atoms with E-state index in [0.717, 1.165) is 18.4 Å². The zero-order chi connectivity index (χ0) is 15.5. The lowest BCUT2D eigenvalue weighted by Crippen LogP contribution is -2.39. The molecule has 22 heavy (non-hydrogen) atoms. The predicted octanol–water partition coefficient (Wildman–Crippen LogP) is 3.00. The highest BCUT2D eigenvalue weighted by molar-refractivity contribution is 5.93. The first kappa shape index (κ1) is 14.8. The van der Waals surface area contributed by atoms with Crippen molar-refractivity contribution in [3.8, 4) is 0 Å². The van der Waals surface area contributed by atoms with Crippen molar-refractivity contribution in [1.29, 1.82) is 0 Å². The molecule has 0 saturated carbocycles. The SMILES string of the molecule is O=C(c1ccoc1)N1CCC(C(O)c2ccc(F)cc2)CC1. The second kappa shape index (κ2) is 6.32. The lowest BCUT2D eigenvalue weighted by molar-refractivity contribution is 0.0461. The van der Waals surface area contributed by atoms with Crippen LogP contribution in [0.4, 0.5) is 4.39 Å². The maximum absolute atomic E-state index is 12.9. The molecule has 1 aliphatic heterocycles. The second-order valence-electron chi connectivity index (χ2n) is 5.64. The molecule has 2 aromatic rings. The molecule has 0 aliphatic carbocycles. The van der Waals surface area contributed by atoms with E-state index in [2.05, 4.69) is 0 Å². The molecule has 1 aliphatic rings. The van der Waals surface area contributed by atoms with Gasteiger partial charge in [0.25, 0.3) is 5.91 Å². The Morgan fingerprint density at radius 2 is 1.91 bits per heavy atom. The molecule has 2 heterocycles. The molecule has 4 nitrogen and oxygen atoms in total. The first-order chi connectivity index (χ1) is 10.6. The summed E-state index contributed by atoms with van der Waals surface area (Å²) in [4.78, 5) is 14.0. The Hall–Kier alpha value is -2.14. The number of piperidine rings is 1. The molecule has 1 N–H and O–H groups in total. The predicted molar refractivity (Wildman–Crippen MR) is 78.7 cm³/mol. The average molecular weight is 303 g/mol. The Balaban J connectivity index is 1.59. The number of carbonyl (C=O) groups excluding carboxylic acids is 1. The molecular formula is C17H18FNO3. The summed E-state index contributed by atoms with van der Waals surface area (Å²) < 4.78 is 17.9. The van der Waals surface area contributed by atoms with Crippen LogP contribution in [-0.2, 0) is 0 Å². The van der Waals surface area contributed by atoms with Crippen LogP contribution in [0.1, 0.15) is 34.9 Å². The van der Waals surface area contributed by atoms with E-state index in [1.807, 2.05) is 0 Å². The molecule has 1 fully saturated rings. The number of benzene rings is 1. The lowest BCUT2D eigenvalue weighted by Gasteiger charge is -2.34. The van der Waals surface area contributed by atoms with Crippen molar-refractivity contribution < 1.29 is 18.7 Å². The third kappa shape index (κ3) is 3.04. The molecule has 5 heteroatoms. The third-order valence-corrected chi connectivity index (χ3v) is 4.25. The van der Waals surface area contributed by atoms with Gasteiger partial charge in [-0.05, 0) is 42.5 Å².